The highest BCUT2D eigenvalue weighted by atomic mass is 79.9. The third-order valence-corrected chi connectivity index (χ3v) is 3.82. The molecule has 2 rings (SSSR count). The number of hydrogen-bond donors (Lipinski definition) is 1. The summed E-state index contributed by atoms with van der Waals surface area (Å²) in [6.07, 6.45) is 2.56. The fraction of sp³-hybridized carbons (Fsp3) is 0.375. The van der Waals surface area contributed by atoms with E-state index in [0.29, 0.717) is 11.8 Å². The fourth-order valence-electron chi connectivity index (χ4n) is 2.17. The summed E-state index contributed by atoms with van der Waals surface area (Å²) in [5.41, 5.74) is 1.13. The van der Waals surface area contributed by atoms with Gasteiger partial charge in [-0.2, -0.15) is 0 Å². The standard InChI is InChI=1S/C16H20BrNO3/c1-11(7-13-5-4-6-21-13)18-10-12-8-14(17)16(20-3)15(9-12)19-2/h4-6,8-9,11,18H,7,10H2,1-3H3. The summed E-state index contributed by atoms with van der Waals surface area (Å²) >= 11 is 3.51. The third kappa shape index (κ3) is 4.25. The second-order valence-electron chi connectivity index (χ2n) is 4.88. The van der Waals surface area contributed by atoms with Crippen molar-refractivity contribution in [3.05, 3.63) is 46.3 Å². The van der Waals surface area contributed by atoms with Crippen LogP contribution in [-0.4, -0.2) is 20.3 Å². The summed E-state index contributed by atoms with van der Waals surface area (Å²) in [5, 5.41) is 3.48. The Hall–Kier alpha value is -1.46. The van der Waals surface area contributed by atoms with E-state index in [9.17, 15) is 0 Å². The summed E-state index contributed by atoms with van der Waals surface area (Å²) in [7, 11) is 3.27. The van der Waals surface area contributed by atoms with Crippen LogP contribution in [0.3, 0.4) is 0 Å². The van der Waals surface area contributed by atoms with Gasteiger partial charge in [-0.1, -0.05) is 0 Å². The lowest BCUT2D eigenvalue weighted by atomic mass is 10.1. The molecule has 0 saturated heterocycles. The van der Waals surface area contributed by atoms with Crippen LogP contribution in [0.2, 0.25) is 0 Å². The number of furan rings is 1. The van der Waals surface area contributed by atoms with Crippen LogP contribution in [-0.2, 0) is 13.0 Å². The van der Waals surface area contributed by atoms with Crippen molar-refractivity contribution < 1.29 is 13.9 Å². The maximum atomic E-state index is 5.36. The molecule has 0 amide bonds. The molecule has 0 aliphatic rings. The molecular weight excluding hydrogens is 334 g/mol. The van der Waals surface area contributed by atoms with E-state index in [-0.39, 0.29) is 0 Å². The van der Waals surface area contributed by atoms with Crippen molar-refractivity contribution in [2.24, 2.45) is 0 Å². The van der Waals surface area contributed by atoms with Crippen LogP contribution in [0.15, 0.2) is 39.4 Å². The van der Waals surface area contributed by atoms with Gasteiger partial charge in [0, 0.05) is 19.0 Å². The Labute approximate surface area is 133 Å². The molecule has 21 heavy (non-hydrogen) atoms. The lowest BCUT2D eigenvalue weighted by Gasteiger charge is -2.15. The molecule has 1 N–H and O–H groups in total. The van der Waals surface area contributed by atoms with E-state index in [0.717, 1.165) is 34.5 Å². The number of rotatable bonds is 7. The molecule has 0 saturated carbocycles. The molecule has 0 spiro atoms. The van der Waals surface area contributed by atoms with Crippen molar-refractivity contribution in [2.75, 3.05) is 14.2 Å². The van der Waals surface area contributed by atoms with Crippen molar-refractivity contribution in [2.45, 2.75) is 25.9 Å². The normalized spacial score (nSPS) is 12.2. The molecule has 0 aliphatic heterocycles. The van der Waals surface area contributed by atoms with Crippen molar-refractivity contribution in [1.82, 2.24) is 5.32 Å². The van der Waals surface area contributed by atoms with Crippen LogP contribution in [0.1, 0.15) is 18.2 Å². The SMILES string of the molecule is COc1cc(CNC(C)Cc2ccco2)cc(Br)c1OC. The molecule has 1 unspecified atom stereocenters. The largest absolute Gasteiger partial charge is 0.493 e. The molecule has 1 heterocycles. The van der Waals surface area contributed by atoms with E-state index in [4.69, 9.17) is 13.9 Å². The molecule has 4 nitrogen and oxygen atoms in total. The summed E-state index contributed by atoms with van der Waals surface area (Å²) < 4.78 is 16.9. The monoisotopic (exact) mass is 353 g/mol. The summed E-state index contributed by atoms with van der Waals surface area (Å²) in [6, 6.07) is 8.24. The minimum atomic E-state index is 0.322. The predicted octanol–water partition coefficient (Wildman–Crippen LogP) is 3.78. The second kappa shape index (κ2) is 7.52. The van der Waals surface area contributed by atoms with Gasteiger partial charge in [0.2, 0.25) is 0 Å². The van der Waals surface area contributed by atoms with Crippen molar-refractivity contribution in [1.29, 1.82) is 0 Å². The zero-order valence-electron chi connectivity index (χ0n) is 12.5. The first-order chi connectivity index (χ1) is 10.1. The average Bonchev–Trinajstić information content (AvgIpc) is 2.97. The number of hydrogen-bond acceptors (Lipinski definition) is 4. The van der Waals surface area contributed by atoms with Crippen molar-refractivity contribution >= 4 is 15.9 Å². The lowest BCUT2D eigenvalue weighted by Crippen LogP contribution is -2.27. The molecule has 0 radical (unpaired) electrons. The zero-order valence-corrected chi connectivity index (χ0v) is 14.1. The highest BCUT2D eigenvalue weighted by Gasteiger charge is 2.11. The molecule has 0 aliphatic carbocycles. The minimum Gasteiger partial charge on any atom is -0.493 e. The maximum absolute atomic E-state index is 5.36. The number of methoxy groups -OCH3 is 2. The van der Waals surface area contributed by atoms with Gasteiger partial charge in [0.05, 0.1) is 25.0 Å². The van der Waals surface area contributed by atoms with Crippen molar-refractivity contribution in [3.63, 3.8) is 0 Å². The van der Waals surface area contributed by atoms with E-state index in [1.807, 2.05) is 24.3 Å². The van der Waals surface area contributed by atoms with Gasteiger partial charge in [-0.3, -0.25) is 0 Å². The van der Waals surface area contributed by atoms with Gasteiger partial charge < -0.3 is 19.2 Å². The molecule has 1 aromatic heterocycles. The van der Waals surface area contributed by atoms with Gasteiger partial charge in [0.1, 0.15) is 5.76 Å². The maximum Gasteiger partial charge on any atom is 0.174 e. The Bertz CT molecular complexity index is 569. The van der Waals surface area contributed by atoms with Gasteiger partial charge in [-0.25, -0.2) is 0 Å². The first-order valence-electron chi connectivity index (χ1n) is 6.80. The summed E-state index contributed by atoms with van der Waals surface area (Å²) in [6.45, 7) is 2.89. The van der Waals surface area contributed by atoms with Crippen LogP contribution in [0.25, 0.3) is 0 Å². The molecular formula is C16H20BrNO3. The second-order valence-corrected chi connectivity index (χ2v) is 5.73. The predicted molar refractivity (Wildman–Crippen MR) is 86.0 cm³/mol. The number of halogens is 1. The Morgan fingerprint density at radius 2 is 2.10 bits per heavy atom. The van der Waals surface area contributed by atoms with Crippen LogP contribution < -0.4 is 14.8 Å². The van der Waals surface area contributed by atoms with Gasteiger partial charge >= 0.3 is 0 Å². The van der Waals surface area contributed by atoms with Crippen LogP contribution in [0.5, 0.6) is 11.5 Å². The smallest absolute Gasteiger partial charge is 0.174 e. The fourth-order valence-corrected chi connectivity index (χ4v) is 2.82. The van der Waals surface area contributed by atoms with E-state index in [1.54, 1.807) is 20.5 Å². The first kappa shape index (κ1) is 15.9. The van der Waals surface area contributed by atoms with E-state index < -0.39 is 0 Å². The molecule has 1 atom stereocenters. The summed E-state index contributed by atoms with van der Waals surface area (Å²) in [5.74, 6) is 2.43. The lowest BCUT2D eigenvalue weighted by molar-refractivity contribution is 0.352. The first-order valence-corrected chi connectivity index (χ1v) is 7.59. The third-order valence-electron chi connectivity index (χ3n) is 3.24. The molecule has 5 heteroatoms. The van der Waals surface area contributed by atoms with Crippen molar-refractivity contribution in [3.8, 4) is 11.5 Å². The Morgan fingerprint density at radius 3 is 2.71 bits per heavy atom. The molecule has 0 fully saturated rings. The highest BCUT2D eigenvalue weighted by Crippen LogP contribution is 2.36. The highest BCUT2D eigenvalue weighted by molar-refractivity contribution is 9.10. The molecule has 114 valence electrons. The summed E-state index contributed by atoms with van der Waals surface area (Å²) in [4.78, 5) is 0. The van der Waals surface area contributed by atoms with Gasteiger partial charge in [-0.15, -0.1) is 0 Å². The van der Waals surface area contributed by atoms with Crippen LogP contribution >= 0.6 is 15.9 Å². The van der Waals surface area contributed by atoms with Gasteiger partial charge in [0.15, 0.2) is 11.5 Å². The zero-order chi connectivity index (χ0) is 15.2. The molecule has 2 aromatic rings. The van der Waals surface area contributed by atoms with Gasteiger partial charge in [0.25, 0.3) is 0 Å². The Morgan fingerprint density at radius 1 is 1.29 bits per heavy atom. The molecule has 0 bridgehead atoms. The van der Waals surface area contributed by atoms with E-state index in [1.165, 1.54) is 0 Å². The van der Waals surface area contributed by atoms with Crippen LogP contribution in [0, 0.1) is 0 Å². The molecule has 1 aromatic carbocycles. The topological polar surface area (TPSA) is 43.6 Å². The Kier molecular flexibility index (Phi) is 5.70. The van der Waals surface area contributed by atoms with Gasteiger partial charge in [-0.05, 0) is 52.7 Å². The number of nitrogens with one attached hydrogen (secondary N) is 1. The minimum absolute atomic E-state index is 0.322. The Balaban J connectivity index is 1.98. The quantitative estimate of drug-likeness (QED) is 0.822. The average molecular weight is 354 g/mol. The van der Waals surface area contributed by atoms with Crippen LogP contribution in [0.4, 0.5) is 0 Å². The van der Waals surface area contributed by atoms with E-state index >= 15 is 0 Å². The number of benzene rings is 1. The van der Waals surface area contributed by atoms with E-state index in [2.05, 4.69) is 28.2 Å². The number of ether oxygens (including phenoxy) is 2.